The molecule has 2 heterocycles. The Balaban J connectivity index is 2.14. The second-order valence-electron chi connectivity index (χ2n) is 5.57. The molecular weight excluding hydrogens is 532 g/mol. The summed E-state index contributed by atoms with van der Waals surface area (Å²) in [4.78, 5) is 0. The third-order valence-corrected chi connectivity index (χ3v) is 20.7. The Labute approximate surface area is 183 Å². The Hall–Kier alpha value is 1.36. The van der Waals surface area contributed by atoms with Crippen molar-refractivity contribution in [3.8, 4) is 5.75 Å². The van der Waals surface area contributed by atoms with E-state index in [0.717, 1.165) is 0 Å². The Morgan fingerprint density at radius 2 is 1.26 bits per heavy atom. The van der Waals surface area contributed by atoms with Gasteiger partial charge in [-0.1, -0.05) is 18.2 Å². The Kier molecular flexibility index (Phi) is 6.66. The molecule has 0 N–H and O–H groups in total. The minimum atomic E-state index is -3.09. The van der Waals surface area contributed by atoms with Crippen molar-refractivity contribution in [3.05, 3.63) is 30.3 Å². The number of benzene rings is 1. The molecule has 152 valence electrons. The molecule has 8 nitrogen and oxygen atoms in total. The molecule has 2 aliphatic rings. The SMILES string of the molecule is CN1N(C)P2(=NP(Cl)(Cl)=NP(Cl)(Cl)=N2)N(C)N(C)P1(=S)Oc1ccccc1. The standard InChI is InChI=1S/C10H17Cl4N7OP4S/c1-18-20(3)26(27,22-10-8-6-5-7-9-10)21(4)19(2)25(18)16-23(11,12)15-24(13,14)17-25/h5-9H,1-4H3. The zero-order valence-corrected chi connectivity index (χ0v) is 22.1. The number of para-hydroxylation sites is 1. The quantitative estimate of drug-likeness (QED) is 0.353. The lowest BCUT2D eigenvalue weighted by atomic mass is 10.3. The van der Waals surface area contributed by atoms with E-state index in [1.165, 1.54) is 0 Å². The van der Waals surface area contributed by atoms with Crippen molar-refractivity contribution in [3.63, 3.8) is 0 Å². The van der Waals surface area contributed by atoms with Crippen molar-refractivity contribution in [1.29, 1.82) is 0 Å². The average molecular weight is 549 g/mol. The highest BCUT2D eigenvalue weighted by Gasteiger charge is 2.53. The summed E-state index contributed by atoms with van der Waals surface area (Å²) >= 11 is 31.3. The summed E-state index contributed by atoms with van der Waals surface area (Å²) in [6.07, 6.45) is 0. The molecule has 1 spiro atoms. The number of nitrogens with zero attached hydrogens (tertiary/aromatic N) is 7. The minimum Gasteiger partial charge on any atom is -0.439 e. The van der Waals surface area contributed by atoms with Gasteiger partial charge < -0.3 is 4.52 Å². The maximum absolute atomic E-state index is 6.34. The molecule has 0 unspecified atom stereocenters. The summed E-state index contributed by atoms with van der Waals surface area (Å²) in [5.74, 6) is -5.52. The predicted molar refractivity (Wildman–Crippen MR) is 124 cm³/mol. The first-order valence-electron chi connectivity index (χ1n) is 7.34. The molecule has 17 heteroatoms. The van der Waals surface area contributed by atoms with Gasteiger partial charge in [0.05, 0.1) is 0 Å². The van der Waals surface area contributed by atoms with Crippen LogP contribution in [0.4, 0.5) is 0 Å². The van der Waals surface area contributed by atoms with Crippen molar-refractivity contribution >= 4 is 82.7 Å². The maximum Gasteiger partial charge on any atom is 0.280 e. The van der Waals surface area contributed by atoms with E-state index in [2.05, 4.69) is 13.5 Å². The van der Waals surface area contributed by atoms with E-state index in [1.54, 1.807) is 23.7 Å². The van der Waals surface area contributed by atoms with Gasteiger partial charge in [0.15, 0.2) is 0 Å². The van der Waals surface area contributed by atoms with Crippen LogP contribution in [0.2, 0.25) is 0 Å². The molecule has 1 aromatic carbocycles. The summed E-state index contributed by atoms with van der Waals surface area (Å²) in [7, 11) is 4.35. The van der Waals surface area contributed by atoms with Crippen molar-refractivity contribution < 1.29 is 4.52 Å². The molecule has 27 heavy (non-hydrogen) atoms. The molecule has 0 bridgehead atoms. The number of hydrogen-bond donors (Lipinski definition) is 0. The van der Waals surface area contributed by atoms with Crippen LogP contribution in [0.3, 0.4) is 0 Å². The van der Waals surface area contributed by atoms with Crippen LogP contribution < -0.4 is 4.52 Å². The van der Waals surface area contributed by atoms with Crippen LogP contribution in [0, 0.1) is 0 Å². The first-order chi connectivity index (χ1) is 12.3. The molecule has 0 atom stereocenters. The zero-order chi connectivity index (χ0) is 20.3. The fourth-order valence-corrected chi connectivity index (χ4v) is 22.4. The molecule has 1 fully saturated rings. The molecule has 0 radical (unpaired) electrons. The summed E-state index contributed by atoms with van der Waals surface area (Å²) in [6, 6.07) is 9.38. The third-order valence-electron chi connectivity index (χ3n) is 3.98. The Morgan fingerprint density at radius 3 is 1.74 bits per heavy atom. The van der Waals surface area contributed by atoms with Gasteiger partial charge in [0.1, 0.15) is 5.75 Å². The first kappa shape index (κ1) is 23.0. The van der Waals surface area contributed by atoms with Crippen molar-refractivity contribution in [2.45, 2.75) is 0 Å². The lowest BCUT2D eigenvalue weighted by Crippen LogP contribution is -2.51. The summed E-state index contributed by atoms with van der Waals surface area (Å²) in [5.41, 5.74) is 0. The van der Waals surface area contributed by atoms with E-state index in [1.807, 2.05) is 54.0 Å². The van der Waals surface area contributed by atoms with Gasteiger partial charge in [-0.05, 0) is 68.9 Å². The molecule has 1 saturated heterocycles. The fourth-order valence-electron chi connectivity index (χ4n) is 2.49. The van der Waals surface area contributed by atoms with Crippen LogP contribution in [0.1, 0.15) is 0 Å². The third kappa shape index (κ3) is 4.25. The minimum absolute atomic E-state index is 0.663. The number of halogens is 4. The average Bonchev–Trinajstić information content (AvgIpc) is 2.56. The topological polar surface area (TPSA) is 59.3 Å². The molecule has 2 aliphatic heterocycles. The highest BCUT2D eigenvalue weighted by atomic mass is 35.9. The van der Waals surface area contributed by atoms with Crippen molar-refractivity contribution in [2.24, 2.45) is 13.5 Å². The van der Waals surface area contributed by atoms with Gasteiger partial charge in [-0.25, -0.2) is 0 Å². The van der Waals surface area contributed by atoms with Crippen LogP contribution >= 0.6 is 70.9 Å². The van der Waals surface area contributed by atoms with Gasteiger partial charge in [0, 0.05) is 28.2 Å². The van der Waals surface area contributed by atoms with E-state index in [0.29, 0.717) is 5.75 Å². The van der Waals surface area contributed by atoms with E-state index >= 15 is 0 Å². The largest absolute Gasteiger partial charge is 0.439 e. The molecule has 1 aromatic rings. The van der Waals surface area contributed by atoms with Gasteiger partial charge >= 0.3 is 0 Å². The number of rotatable bonds is 2. The van der Waals surface area contributed by atoms with Crippen LogP contribution in [-0.4, -0.2) is 47.3 Å². The van der Waals surface area contributed by atoms with Gasteiger partial charge in [-0.15, -0.1) is 0 Å². The van der Waals surface area contributed by atoms with Crippen molar-refractivity contribution in [2.75, 3.05) is 28.2 Å². The Bertz CT molecular complexity index is 934. The molecular formula is C10H17Cl4N7OP4S. The molecule has 0 amide bonds. The normalized spacial score (nSPS) is 34.5. The van der Waals surface area contributed by atoms with Gasteiger partial charge in [-0.3, -0.25) is 0 Å². The van der Waals surface area contributed by atoms with E-state index < -0.39 is 25.9 Å². The smallest absolute Gasteiger partial charge is 0.280 e. The molecule has 0 aromatic heterocycles. The zero-order valence-electron chi connectivity index (χ0n) is 14.6. The van der Waals surface area contributed by atoms with Gasteiger partial charge in [0.2, 0.25) is 7.51 Å². The van der Waals surface area contributed by atoms with Crippen molar-refractivity contribution in [1.82, 2.24) is 19.1 Å². The summed E-state index contributed by atoms with van der Waals surface area (Å²) < 4.78 is 26.7. The maximum atomic E-state index is 6.34. The van der Waals surface area contributed by atoms with E-state index in [9.17, 15) is 0 Å². The monoisotopic (exact) mass is 547 g/mol. The second-order valence-corrected chi connectivity index (χ2v) is 22.2. The number of hydrogen-bond acceptors (Lipinski definition) is 7. The Morgan fingerprint density at radius 1 is 0.778 bits per heavy atom. The number of hydrazine groups is 2. The second kappa shape index (κ2) is 7.80. The van der Waals surface area contributed by atoms with Gasteiger partial charge in [-0.2, -0.15) is 32.7 Å². The van der Waals surface area contributed by atoms with Crippen LogP contribution in [0.5, 0.6) is 5.75 Å². The predicted octanol–water partition coefficient (Wildman–Crippen LogP) is 7.67. The lowest BCUT2D eigenvalue weighted by Gasteiger charge is -2.55. The highest BCUT2D eigenvalue weighted by Crippen LogP contribution is 2.88. The summed E-state index contributed by atoms with van der Waals surface area (Å²) in [5, 5.41) is 0. The lowest BCUT2D eigenvalue weighted by molar-refractivity contribution is 0.114. The van der Waals surface area contributed by atoms with Gasteiger partial charge in [0.25, 0.3) is 18.4 Å². The molecule has 0 saturated carbocycles. The van der Waals surface area contributed by atoms with Crippen LogP contribution in [0.15, 0.2) is 43.9 Å². The van der Waals surface area contributed by atoms with Crippen LogP contribution in [-0.2, 0) is 11.8 Å². The van der Waals surface area contributed by atoms with E-state index in [-0.39, 0.29) is 0 Å². The first-order valence-corrected chi connectivity index (χ1v) is 18.6. The molecule has 0 aliphatic carbocycles. The van der Waals surface area contributed by atoms with Crippen LogP contribution in [0.25, 0.3) is 0 Å². The van der Waals surface area contributed by atoms with E-state index in [4.69, 9.17) is 61.3 Å². The highest BCUT2D eigenvalue weighted by molar-refractivity contribution is 8.21. The fraction of sp³-hybridized carbons (Fsp3) is 0.400. The summed E-state index contributed by atoms with van der Waals surface area (Å²) in [6.45, 7) is -2.72. The molecule has 3 rings (SSSR count).